The van der Waals surface area contributed by atoms with Gasteiger partial charge in [-0.05, 0) is 32.2 Å². The summed E-state index contributed by atoms with van der Waals surface area (Å²) < 4.78 is 16.7. The quantitative estimate of drug-likeness (QED) is 0.692. The third-order valence-electron chi connectivity index (χ3n) is 2.89. The van der Waals surface area contributed by atoms with Gasteiger partial charge in [0.1, 0.15) is 0 Å². The van der Waals surface area contributed by atoms with Crippen LogP contribution in [0.2, 0.25) is 0 Å². The van der Waals surface area contributed by atoms with E-state index in [2.05, 4.69) is 5.32 Å². The highest BCUT2D eigenvalue weighted by atomic mass is 16.7. The summed E-state index contributed by atoms with van der Waals surface area (Å²) in [5, 5.41) is 3.27. The molecular formula is C11H21NO3. The molecule has 2 aliphatic heterocycles. The van der Waals surface area contributed by atoms with Gasteiger partial charge in [0.2, 0.25) is 0 Å². The minimum absolute atomic E-state index is 0.0176. The van der Waals surface area contributed by atoms with Crippen LogP contribution in [0.5, 0.6) is 0 Å². The Morgan fingerprint density at radius 3 is 2.80 bits per heavy atom. The number of rotatable bonds is 5. The lowest BCUT2D eigenvalue weighted by Gasteiger charge is -2.22. The highest BCUT2D eigenvalue weighted by Gasteiger charge is 2.16. The van der Waals surface area contributed by atoms with Gasteiger partial charge in [-0.2, -0.15) is 0 Å². The predicted molar refractivity (Wildman–Crippen MR) is 56.8 cm³/mol. The molecule has 0 aromatic carbocycles. The van der Waals surface area contributed by atoms with E-state index in [1.54, 1.807) is 0 Å². The Kier molecular flexibility index (Phi) is 4.86. The second kappa shape index (κ2) is 6.43. The summed E-state index contributed by atoms with van der Waals surface area (Å²) in [7, 11) is 0. The van der Waals surface area contributed by atoms with Crippen LogP contribution in [0.1, 0.15) is 25.7 Å². The molecule has 2 rings (SSSR count). The summed E-state index contributed by atoms with van der Waals surface area (Å²) in [6.07, 6.45) is 4.96. The van der Waals surface area contributed by atoms with Gasteiger partial charge in [-0.1, -0.05) is 0 Å². The Labute approximate surface area is 91.3 Å². The van der Waals surface area contributed by atoms with Crippen LogP contribution in [0.25, 0.3) is 0 Å². The van der Waals surface area contributed by atoms with E-state index < -0.39 is 0 Å². The molecule has 0 aliphatic carbocycles. The SMILES string of the molecule is C1CC[C@@H](OCCOC2CCNC2)OC1. The molecule has 0 aromatic heterocycles. The van der Waals surface area contributed by atoms with E-state index >= 15 is 0 Å². The molecule has 0 aromatic rings. The Morgan fingerprint density at radius 2 is 2.07 bits per heavy atom. The van der Waals surface area contributed by atoms with Gasteiger partial charge in [-0.15, -0.1) is 0 Å². The summed E-state index contributed by atoms with van der Waals surface area (Å²) >= 11 is 0. The number of hydrogen-bond acceptors (Lipinski definition) is 4. The van der Waals surface area contributed by atoms with Crippen molar-refractivity contribution in [2.75, 3.05) is 32.9 Å². The van der Waals surface area contributed by atoms with Gasteiger partial charge in [-0.3, -0.25) is 0 Å². The van der Waals surface area contributed by atoms with Crippen LogP contribution in [0.3, 0.4) is 0 Å². The zero-order valence-electron chi connectivity index (χ0n) is 9.24. The van der Waals surface area contributed by atoms with E-state index in [1.807, 2.05) is 0 Å². The normalized spacial score (nSPS) is 32.0. The first-order valence-corrected chi connectivity index (χ1v) is 6.00. The summed E-state index contributed by atoms with van der Waals surface area (Å²) in [4.78, 5) is 0. The molecule has 0 radical (unpaired) electrons. The molecule has 2 heterocycles. The smallest absolute Gasteiger partial charge is 0.157 e. The van der Waals surface area contributed by atoms with Crippen molar-refractivity contribution in [3.8, 4) is 0 Å². The molecule has 0 spiro atoms. The van der Waals surface area contributed by atoms with Gasteiger partial charge >= 0.3 is 0 Å². The van der Waals surface area contributed by atoms with Crippen molar-refractivity contribution < 1.29 is 14.2 Å². The van der Waals surface area contributed by atoms with Crippen LogP contribution in [0, 0.1) is 0 Å². The summed E-state index contributed by atoms with van der Waals surface area (Å²) in [6, 6.07) is 0. The summed E-state index contributed by atoms with van der Waals surface area (Å²) in [5.41, 5.74) is 0. The molecule has 4 nitrogen and oxygen atoms in total. The van der Waals surface area contributed by atoms with E-state index in [9.17, 15) is 0 Å². The molecule has 4 heteroatoms. The molecular weight excluding hydrogens is 194 g/mol. The highest BCUT2D eigenvalue weighted by molar-refractivity contribution is 4.70. The Bertz CT molecular complexity index is 165. The lowest BCUT2D eigenvalue weighted by Crippen LogP contribution is -2.25. The van der Waals surface area contributed by atoms with E-state index in [0.29, 0.717) is 19.3 Å². The minimum atomic E-state index is 0.0176. The van der Waals surface area contributed by atoms with E-state index in [1.165, 1.54) is 12.8 Å². The summed E-state index contributed by atoms with van der Waals surface area (Å²) in [5.74, 6) is 0. The van der Waals surface area contributed by atoms with Crippen LogP contribution in [-0.4, -0.2) is 45.3 Å². The number of hydrogen-bond donors (Lipinski definition) is 1. The van der Waals surface area contributed by atoms with Gasteiger partial charge in [0.15, 0.2) is 6.29 Å². The third kappa shape index (κ3) is 4.07. The fourth-order valence-corrected chi connectivity index (χ4v) is 2.01. The van der Waals surface area contributed by atoms with Gasteiger partial charge in [0, 0.05) is 13.2 Å². The number of nitrogens with one attached hydrogen (secondary N) is 1. The number of ether oxygens (including phenoxy) is 3. The van der Waals surface area contributed by atoms with Gasteiger partial charge in [-0.25, -0.2) is 0 Å². The maximum absolute atomic E-state index is 5.65. The molecule has 0 bridgehead atoms. The maximum Gasteiger partial charge on any atom is 0.157 e. The Balaban J connectivity index is 1.47. The van der Waals surface area contributed by atoms with Gasteiger partial charge < -0.3 is 19.5 Å². The lowest BCUT2D eigenvalue weighted by atomic mass is 10.2. The first kappa shape index (κ1) is 11.3. The molecule has 0 saturated carbocycles. The zero-order chi connectivity index (χ0) is 10.3. The van der Waals surface area contributed by atoms with Gasteiger partial charge in [0.25, 0.3) is 0 Å². The molecule has 2 fully saturated rings. The predicted octanol–water partition coefficient (Wildman–Crippen LogP) is 0.908. The zero-order valence-corrected chi connectivity index (χ0v) is 9.24. The van der Waals surface area contributed by atoms with Crippen molar-refractivity contribution in [1.29, 1.82) is 0 Å². The third-order valence-corrected chi connectivity index (χ3v) is 2.89. The van der Waals surface area contributed by atoms with Crippen LogP contribution >= 0.6 is 0 Å². The first-order valence-electron chi connectivity index (χ1n) is 6.00. The average Bonchev–Trinajstić information content (AvgIpc) is 2.79. The monoisotopic (exact) mass is 215 g/mol. The topological polar surface area (TPSA) is 39.7 Å². The van der Waals surface area contributed by atoms with Crippen LogP contribution < -0.4 is 5.32 Å². The molecule has 0 amide bonds. The average molecular weight is 215 g/mol. The summed E-state index contributed by atoms with van der Waals surface area (Å²) in [6.45, 7) is 4.25. The second-order valence-electron chi connectivity index (χ2n) is 4.15. The van der Waals surface area contributed by atoms with Crippen molar-refractivity contribution in [2.24, 2.45) is 0 Å². The standard InChI is InChI=1S/C11H21NO3/c1-2-6-14-11(3-1)15-8-7-13-10-4-5-12-9-10/h10-12H,1-9H2/t10?,11-/m1/s1. The van der Waals surface area contributed by atoms with Crippen LogP contribution in [-0.2, 0) is 14.2 Å². The highest BCUT2D eigenvalue weighted by Crippen LogP contribution is 2.13. The van der Waals surface area contributed by atoms with Crippen molar-refractivity contribution >= 4 is 0 Å². The Morgan fingerprint density at radius 1 is 1.13 bits per heavy atom. The van der Waals surface area contributed by atoms with Crippen molar-refractivity contribution in [2.45, 2.75) is 38.1 Å². The first-order chi connectivity index (χ1) is 7.45. The van der Waals surface area contributed by atoms with Crippen LogP contribution in [0.15, 0.2) is 0 Å². The fraction of sp³-hybridized carbons (Fsp3) is 1.00. The molecule has 2 aliphatic rings. The molecule has 2 atom stereocenters. The van der Waals surface area contributed by atoms with E-state index in [0.717, 1.165) is 32.5 Å². The minimum Gasteiger partial charge on any atom is -0.374 e. The molecule has 1 unspecified atom stereocenters. The van der Waals surface area contributed by atoms with E-state index in [4.69, 9.17) is 14.2 Å². The maximum atomic E-state index is 5.65. The fourth-order valence-electron chi connectivity index (χ4n) is 2.01. The van der Waals surface area contributed by atoms with Crippen LogP contribution in [0.4, 0.5) is 0 Å². The van der Waals surface area contributed by atoms with Crippen molar-refractivity contribution in [3.05, 3.63) is 0 Å². The van der Waals surface area contributed by atoms with Crippen molar-refractivity contribution in [3.63, 3.8) is 0 Å². The van der Waals surface area contributed by atoms with Gasteiger partial charge in [0.05, 0.1) is 19.3 Å². The Hall–Kier alpha value is -0.160. The molecule has 88 valence electrons. The lowest BCUT2D eigenvalue weighted by molar-refractivity contribution is -0.171. The molecule has 2 saturated heterocycles. The van der Waals surface area contributed by atoms with E-state index in [-0.39, 0.29) is 6.29 Å². The molecule has 1 N–H and O–H groups in total. The largest absolute Gasteiger partial charge is 0.374 e. The second-order valence-corrected chi connectivity index (χ2v) is 4.15. The molecule has 15 heavy (non-hydrogen) atoms. The van der Waals surface area contributed by atoms with Crippen molar-refractivity contribution in [1.82, 2.24) is 5.32 Å².